The van der Waals surface area contributed by atoms with Crippen LogP contribution in [0.4, 0.5) is 0 Å². The third-order valence-corrected chi connectivity index (χ3v) is 4.53. The highest BCUT2D eigenvalue weighted by Gasteiger charge is 2.23. The predicted octanol–water partition coefficient (Wildman–Crippen LogP) is 1.69. The molecule has 0 fully saturated rings. The normalized spacial score (nSPS) is 13.5. The number of nitrogens with zero attached hydrogens (tertiary/aromatic N) is 1. The summed E-state index contributed by atoms with van der Waals surface area (Å²) in [6, 6.07) is 5.78. The minimum Gasteiger partial charge on any atom is -0.493 e. The minimum absolute atomic E-state index is 0.177. The largest absolute Gasteiger partial charge is 0.493 e. The molecule has 3 rings (SSSR count). The van der Waals surface area contributed by atoms with E-state index in [9.17, 15) is 4.79 Å². The van der Waals surface area contributed by atoms with Crippen molar-refractivity contribution in [2.24, 2.45) is 7.05 Å². The summed E-state index contributed by atoms with van der Waals surface area (Å²) in [5.74, 6) is 1.38. The van der Waals surface area contributed by atoms with E-state index >= 15 is 0 Å². The molecule has 0 spiro atoms. The third-order valence-electron chi connectivity index (χ3n) is 4.53. The summed E-state index contributed by atoms with van der Waals surface area (Å²) in [4.78, 5) is 12.8. The first kappa shape index (κ1) is 15.6. The van der Waals surface area contributed by atoms with Crippen molar-refractivity contribution in [3.8, 4) is 11.5 Å². The SMILES string of the molecule is COc1ccc(Cc2c(=O)c3c([nH][n+]2C)CCCC3)cc1OC. The van der Waals surface area contributed by atoms with E-state index in [4.69, 9.17) is 9.47 Å². The van der Waals surface area contributed by atoms with Crippen LogP contribution >= 0.6 is 0 Å². The van der Waals surface area contributed by atoms with Gasteiger partial charge in [-0.1, -0.05) is 6.07 Å². The lowest BCUT2D eigenvalue weighted by Gasteiger charge is -2.14. The Bertz CT molecular complexity index is 781. The van der Waals surface area contributed by atoms with Crippen LogP contribution in [0.2, 0.25) is 0 Å². The molecule has 5 nitrogen and oxygen atoms in total. The Kier molecular flexibility index (Phi) is 4.37. The molecule has 0 saturated carbocycles. The molecule has 0 amide bonds. The zero-order chi connectivity index (χ0) is 16.4. The quantitative estimate of drug-likeness (QED) is 0.874. The van der Waals surface area contributed by atoms with Crippen LogP contribution in [0.5, 0.6) is 11.5 Å². The molecule has 1 aromatic heterocycles. The molecule has 1 aromatic carbocycles. The predicted molar refractivity (Wildman–Crippen MR) is 87.2 cm³/mol. The number of fused-ring (bicyclic) bond motifs is 1. The molecule has 0 saturated heterocycles. The summed E-state index contributed by atoms with van der Waals surface area (Å²) < 4.78 is 12.5. The molecule has 1 aliphatic carbocycles. The fourth-order valence-corrected chi connectivity index (χ4v) is 3.26. The zero-order valence-corrected chi connectivity index (χ0v) is 13.9. The van der Waals surface area contributed by atoms with Crippen LogP contribution in [-0.4, -0.2) is 19.3 Å². The standard InChI is InChI=1S/C18H22N2O3/c1-20-15(18(21)13-6-4-5-7-14(13)19-20)10-12-8-9-16(22-2)17(11-12)23-3/h8-9,11H,4-7,10H2,1-3H3/p+1. The van der Waals surface area contributed by atoms with E-state index in [1.807, 2.05) is 29.9 Å². The van der Waals surface area contributed by atoms with Gasteiger partial charge < -0.3 is 9.47 Å². The summed E-state index contributed by atoms with van der Waals surface area (Å²) >= 11 is 0. The second kappa shape index (κ2) is 6.44. The van der Waals surface area contributed by atoms with Crippen LogP contribution in [0.1, 0.15) is 35.4 Å². The molecule has 5 heteroatoms. The van der Waals surface area contributed by atoms with E-state index in [1.54, 1.807) is 14.2 Å². The van der Waals surface area contributed by atoms with E-state index in [2.05, 4.69) is 5.10 Å². The van der Waals surface area contributed by atoms with Crippen molar-refractivity contribution in [3.63, 3.8) is 0 Å². The first-order valence-corrected chi connectivity index (χ1v) is 7.98. The van der Waals surface area contributed by atoms with Crippen LogP contribution < -0.4 is 19.6 Å². The maximum absolute atomic E-state index is 12.8. The topological polar surface area (TPSA) is 55.2 Å². The summed E-state index contributed by atoms with van der Waals surface area (Å²) in [7, 11) is 5.14. The van der Waals surface area contributed by atoms with Crippen LogP contribution in [0.3, 0.4) is 0 Å². The lowest BCUT2D eigenvalue weighted by molar-refractivity contribution is -0.738. The van der Waals surface area contributed by atoms with Crippen LogP contribution in [0.15, 0.2) is 23.0 Å². The van der Waals surface area contributed by atoms with Gasteiger partial charge in [0, 0.05) is 5.56 Å². The van der Waals surface area contributed by atoms with Gasteiger partial charge in [-0.05, 0) is 43.4 Å². The molecule has 0 unspecified atom stereocenters. The zero-order valence-electron chi connectivity index (χ0n) is 13.9. The number of hydrogen-bond donors (Lipinski definition) is 1. The molecule has 122 valence electrons. The minimum atomic E-state index is 0.177. The number of H-pyrrole nitrogens is 1. The lowest BCUT2D eigenvalue weighted by Crippen LogP contribution is -2.46. The molecular weight excluding hydrogens is 292 g/mol. The fraction of sp³-hybridized carbons (Fsp3) is 0.444. The number of benzene rings is 1. The molecule has 1 heterocycles. The lowest BCUT2D eigenvalue weighted by atomic mass is 9.95. The highest BCUT2D eigenvalue weighted by atomic mass is 16.5. The van der Waals surface area contributed by atoms with Gasteiger partial charge in [0.2, 0.25) is 0 Å². The summed E-state index contributed by atoms with van der Waals surface area (Å²) in [6.07, 6.45) is 4.66. The van der Waals surface area contributed by atoms with E-state index in [-0.39, 0.29) is 5.43 Å². The Morgan fingerprint density at radius 2 is 1.87 bits per heavy atom. The number of aryl methyl sites for hydroxylation is 2. The average Bonchev–Trinajstić information content (AvgIpc) is 2.58. The number of rotatable bonds is 4. The van der Waals surface area contributed by atoms with Gasteiger partial charge in [0.15, 0.2) is 18.5 Å². The van der Waals surface area contributed by atoms with E-state index in [0.29, 0.717) is 17.9 Å². The Morgan fingerprint density at radius 1 is 1.13 bits per heavy atom. The smallest absolute Gasteiger partial charge is 0.257 e. The van der Waals surface area contributed by atoms with Crippen LogP contribution in [0.25, 0.3) is 0 Å². The van der Waals surface area contributed by atoms with E-state index < -0.39 is 0 Å². The van der Waals surface area contributed by atoms with Crippen molar-refractivity contribution in [3.05, 3.63) is 50.9 Å². The molecule has 0 radical (unpaired) electrons. The van der Waals surface area contributed by atoms with Gasteiger partial charge in [0.1, 0.15) is 0 Å². The molecule has 2 aromatic rings. The van der Waals surface area contributed by atoms with Gasteiger partial charge in [-0.15, -0.1) is 4.68 Å². The molecule has 23 heavy (non-hydrogen) atoms. The van der Waals surface area contributed by atoms with Crippen molar-refractivity contribution in [1.82, 2.24) is 5.10 Å². The Balaban J connectivity index is 1.99. The average molecular weight is 315 g/mol. The second-order valence-corrected chi connectivity index (χ2v) is 5.98. The third kappa shape index (κ3) is 2.96. The number of aromatic amines is 1. The monoisotopic (exact) mass is 315 g/mol. The molecule has 1 aliphatic rings. The van der Waals surface area contributed by atoms with Gasteiger partial charge in [0.05, 0.1) is 26.3 Å². The maximum Gasteiger partial charge on any atom is 0.257 e. The number of methoxy groups -OCH3 is 2. The molecule has 1 N–H and O–H groups in total. The Morgan fingerprint density at radius 3 is 2.61 bits per heavy atom. The first-order valence-electron chi connectivity index (χ1n) is 7.98. The van der Waals surface area contributed by atoms with Crippen LogP contribution in [0, 0.1) is 0 Å². The summed E-state index contributed by atoms with van der Waals surface area (Å²) in [6.45, 7) is 0. The highest BCUT2D eigenvalue weighted by Crippen LogP contribution is 2.28. The Labute approximate surface area is 135 Å². The van der Waals surface area contributed by atoms with Gasteiger partial charge in [0.25, 0.3) is 11.1 Å². The fourth-order valence-electron chi connectivity index (χ4n) is 3.26. The molecule has 0 bridgehead atoms. The summed E-state index contributed by atoms with van der Waals surface area (Å²) in [5, 5.41) is 3.37. The van der Waals surface area contributed by atoms with Crippen molar-refractivity contribution in [2.75, 3.05) is 14.2 Å². The van der Waals surface area contributed by atoms with Crippen molar-refractivity contribution in [2.45, 2.75) is 32.1 Å². The van der Waals surface area contributed by atoms with Gasteiger partial charge in [-0.3, -0.25) is 4.79 Å². The molecule has 0 aliphatic heterocycles. The Hall–Kier alpha value is -2.30. The van der Waals surface area contributed by atoms with Crippen LogP contribution in [-0.2, 0) is 26.3 Å². The van der Waals surface area contributed by atoms with Crippen molar-refractivity contribution >= 4 is 0 Å². The van der Waals surface area contributed by atoms with E-state index in [0.717, 1.165) is 48.2 Å². The number of aromatic nitrogens is 2. The molecule has 0 atom stereocenters. The summed E-state index contributed by atoms with van der Waals surface area (Å²) in [5.41, 5.74) is 4.04. The van der Waals surface area contributed by atoms with E-state index in [1.165, 1.54) is 0 Å². The molecular formula is C18H23N2O3+. The van der Waals surface area contributed by atoms with Crippen molar-refractivity contribution < 1.29 is 14.2 Å². The van der Waals surface area contributed by atoms with Gasteiger partial charge in [-0.2, -0.15) is 5.10 Å². The number of nitrogens with one attached hydrogen (secondary N) is 1. The van der Waals surface area contributed by atoms with Gasteiger partial charge in [-0.25, -0.2) is 0 Å². The first-order chi connectivity index (χ1) is 11.1. The highest BCUT2D eigenvalue weighted by molar-refractivity contribution is 5.43. The number of hydrogen-bond acceptors (Lipinski definition) is 3. The second-order valence-electron chi connectivity index (χ2n) is 5.98. The van der Waals surface area contributed by atoms with Gasteiger partial charge >= 0.3 is 0 Å². The van der Waals surface area contributed by atoms with Crippen molar-refractivity contribution in [1.29, 1.82) is 0 Å². The number of ether oxygens (including phenoxy) is 2. The maximum atomic E-state index is 12.8.